The van der Waals surface area contributed by atoms with Gasteiger partial charge in [-0.15, -0.1) is 0 Å². The van der Waals surface area contributed by atoms with Gasteiger partial charge in [-0.05, 0) is 60.2 Å². The lowest BCUT2D eigenvalue weighted by Gasteiger charge is -2.12. The Balaban J connectivity index is 1.41. The van der Waals surface area contributed by atoms with E-state index in [1.807, 2.05) is 0 Å². The second kappa shape index (κ2) is 12.3. The zero-order valence-electron chi connectivity index (χ0n) is 22.3. The van der Waals surface area contributed by atoms with E-state index in [-0.39, 0.29) is 10.5 Å². The van der Waals surface area contributed by atoms with E-state index in [9.17, 15) is 26.6 Å². The summed E-state index contributed by atoms with van der Waals surface area (Å²) in [5.41, 5.74) is -0.690. The Bertz CT molecular complexity index is 1810. The number of pyridine rings is 1. The molecule has 5 aromatic rings. The summed E-state index contributed by atoms with van der Waals surface area (Å²) in [6.07, 6.45) is -1.72. The highest BCUT2D eigenvalue weighted by molar-refractivity contribution is 7.86. The standard InChI is InChI=1S/C30H22F5N3O4S/c1-41-12-13-42-20-6-2-17(3-7-20)18-14-22-23(16-37-29(22)36-15-18)28(39)26-24(31)10-11-25(27(26)32)38-43(40)21-8-4-19(5-9-21)30(33,34)35/h2-11,14-16,38H,12-13H2,1H3,(H,36,37). The molecule has 0 saturated heterocycles. The molecule has 13 heteroatoms. The molecule has 0 radical (unpaired) electrons. The van der Waals surface area contributed by atoms with Gasteiger partial charge in [0, 0.05) is 36.0 Å². The zero-order valence-corrected chi connectivity index (χ0v) is 23.1. The van der Waals surface area contributed by atoms with E-state index in [0.29, 0.717) is 35.6 Å². The van der Waals surface area contributed by atoms with Crippen molar-refractivity contribution in [2.45, 2.75) is 11.1 Å². The number of aromatic nitrogens is 2. The Morgan fingerprint density at radius 3 is 2.37 bits per heavy atom. The van der Waals surface area contributed by atoms with Crippen LogP contribution in [0.3, 0.4) is 0 Å². The number of fused-ring (bicyclic) bond motifs is 1. The number of nitrogens with one attached hydrogen (secondary N) is 2. The molecule has 0 aliphatic heterocycles. The fourth-order valence-electron chi connectivity index (χ4n) is 4.24. The highest BCUT2D eigenvalue weighted by Gasteiger charge is 2.30. The predicted molar refractivity (Wildman–Crippen MR) is 150 cm³/mol. The Kier molecular flexibility index (Phi) is 8.55. The number of anilines is 1. The van der Waals surface area contributed by atoms with E-state index in [2.05, 4.69) is 14.7 Å². The van der Waals surface area contributed by atoms with Crippen LogP contribution in [-0.2, 0) is 21.9 Å². The van der Waals surface area contributed by atoms with Crippen molar-refractivity contribution in [1.29, 1.82) is 0 Å². The number of alkyl halides is 3. The summed E-state index contributed by atoms with van der Waals surface area (Å²) < 4.78 is 94.4. The third-order valence-electron chi connectivity index (χ3n) is 6.44. The third kappa shape index (κ3) is 6.42. The summed E-state index contributed by atoms with van der Waals surface area (Å²) in [6.45, 7) is 0.816. The normalized spacial score (nSPS) is 12.3. The number of carbonyl (C=O) groups excluding carboxylic acids is 1. The van der Waals surface area contributed by atoms with Gasteiger partial charge >= 0.3 is 6.18 Å². The first kappa shape index (κ1) is 29.9. The lowest BCUT2D eigenvalue weighted by Crippen LogP contribution is -2.12. The van der Waals surface area contributed by atoms with Crippen molar-refractivity contribution in [3.8, 4) is 16.9 Å². The SMILES string of the molecule is COCCOc1ccc(-c2cnc3[nH]cc(C(=O)c4c(F)ccc(NS(=O)c5ccc(C(F)(F)F)cc5)c4F)c3c2)cc1. The number of ether oxygens (including phenoxy) is 2. The zero-order chi connectivity index (χ0) is 30.7. The molecule has 0 fully saturated rings. The van der Waals surface area contributed by atoms with Crippen molar-refractivity contribution in [2.24, 2.45) is 0 Å². The highest BCUT2D eigenvalue weighted by atomic mass is 32.2. The monoisotopic (exact) mass is 615 g/mol. The van der Waals surface area contributed by atoms with Gasteiger partial charge in [0.1, 0.15) is 34.8 Å². The molecule has 0 saturated carbocycles. The van der Waals surface area contributed by atoms with E-state index in [1.54, 1.807) is 43.6 Å². The number of rotatable bonds is 10. The number of aromatic amines is 1. The van der Waals surface area contributed by atoms with Gasteiger partial charge < -0.3 is 14.5 Å². The van der Waals surface area contributed by atoms with Crippen LogP contribution in [0.2, 0.25) is 0 Å². The number of ketones is 1. The first-order chi connectivity index (χ1) is 20.6. The van der Waals surface area contributed by atoms with E-state index in [1.165, 1.54) is 6.20 Å². The Morgan fingerprint density at radius 1 is 0.977 bits per heavy atom. The first-order valence-corrected chi connectivity index (χ1v) is 13.8. The van der Waals surface area contributed by atoms with Crippen molar-refractivity contribution >= 4 is 33.5 Å². The molecule has 0 spiro atoms. The number of hydrogen-bond acceptors (Lipinski definition) is 5. The van der Waals surface area contributed by atoms with Crippen molar-refractivity contribution < 1.29 is 40.4 Å². The third-order valence-corrected chi connectivity index (χ3v) is 7.54. The molecule has 0 bridgehead atoms. The summed E-state index contributed by atoms with van der Waals surface area (Å²) in [7, 11) is -0.647. The number of hydrogen-bond donors (Lipinski definition) is 2. The van der Waals surface area contributed by atoms with Crippen LogP contribution in [0.15, 0.2) is 84.0 Å². The average molecular weight is 616 g/mol. The number of carbonyl (C=O) groups is 1. The minimum Gasteiger partial charge on any atom is -0.491 e. The predicted octanol–water partition coefficient (Wildman–Crippen LogP) is 6.92. The Labute approximate surface area is 244 Å². The maximum atomic E-state index is 15.5. The molecular weight excluding hydrogens is 593 g/mol. The lowest BCUT2D eigenvalue weighted by molar-refractivity contribution is -0.137. The van der Waals surface area contributed by atoms with Gasteiger partial charge in [-0.2, -0.15) is 13.2 Å². The molecule has 7 nitrogen and oxygen atoms in total. The molecule has 43 heavy (non-hydrogen) atoms. The van der Waals surface area contributed by atoms with E-state index >= 15 is 4.39 Å². The number of nitrogens with zero attached hydrogens (tertiary/aromatic N) is 1. The minimum absolute atomic E-state index is 0.0531. The van der Waals surface area contributed by atoms with E-state index in [0.717, 1.165) is 42.0 Å². The van der Waals surface area contributed by atoms with Gasteiger partial charge in [0.25, 0.3) is 0 Å². The summed E-state index contributed by atoms with van der Waals surface area (Å²) >= 11 is 0. The molecule has 3 aromatic carbocycles. The van der Waals surface area contributed by atoms with Crippen molar-refractivity contribution in [1.82, 2.24) is 9.97 Å². The van der Waals surface area contributed by atoms with Crippen LogP contribution in [-0.4, -0.2) is 40.3 Å². The molecule has 1 unspecified atom stereocenters. The van der Waals surface area contributed by atoms with Crippen LogP contribution >= 0.6 is 0 Å². The van der Waals surface area contributed by atoms with Gasteiger partial charge in [-0.3, -0.25) is 9.52 Å². The van der Waals surface area contributed by atoms with Gasteiger partial charge in [-0.25, -0.2) is 18.0 Å². The highest BCUT2D eigenvalue weighted by Crippen LogP contribution is 2.32. The van der Waals surface area contributed by atoms with Crippen LogP contribution in [0.25, 0.3) is 22.2 Å². The molecule has 0 amide bonds. The van der Waals surface area contributed by atoms with Crippen molar-refractivity contribution in [3.05, 3.63) is 107 Å². The molecule has 2 aromatic heterocycles. The molecule has 222 valence electrons. The largest absolute Gasteiger partial charge is 0.491 e. The smallest absolute Gasteiger partial charge is 0.416 e. The Hall–Kier alpha value is -4.62. The van der Waals surface area contributed by atoms with Crippen LogP contribution in [0.5, 0.6) is 5.75 Å². The maximum absolute atomic E-state index is 15.5. The second-order valence-corrected chi connectivity index (χ2v) is 10.4. The maximum Gasteiger partial charge on any atom is 0.416 e. The fraction of sp³-hybridized carbons (Fsp3) is 0.133. The molecule has 5 rings (SSSR count). The van der Waals surface area contributed by atoms with E-state index < -0.39 is 51.4 Å². The van der Waals surface area contributed by atoms with E-state index in [4.69, 9.17) is 9.47 Å². The van der Waals surface area contributed by atoms with Gasteiger partial charge in [-0.1, -0.05) is 12.1 Å². The fourth-order valence-corrected chi connectivity index (χ4v) is 5.09. The molecule has 0 aliphatic carbocycles. The lowest BCUT2D eigenvalue weighted by atomic mass is 10.00. The van der Waals surface area contributed by atoms with Crippen molar-refractivity contribution in [3.63, 3.8) is 0 Å². The first-order valence-electron chi connectivity index (χ1n) is 12.6. The molecule has 2 N–H and O–H groups in total. The Morgan fingerprint density at radius 2 is 1.70 bits per heavy atom. The van der Waals surface area contributed by atoms with Crippen LogP contribution < -0.4 is 9.46 Å². The molecular formula is C30H22F5N3O4S. The number of benzene rings is 3. The van der Waals surface area contributed by atoms with Gasteiger partial charge in [0.2, 0.25) is 5.78 Å². The topological polar surface area (TPSA) is 93.3 Å². The number of methoxy groups -OCH3 is 1. The minimum atomic E-state index is -4.59. The average Bonchev–Trinajstić information content (AvgIpc) is 3.42. The summed E-state index contributed by atoms with van der Waals surface area (Å²) in [6, 6.07) is 13.9. The molecule has 2 heterocycles. The van der Waals surface area contributed by atoms with Crippen LogP contribution in [0, 0.1) is 11.6 Å². The summed E-state index contributed by atoms with van der Waals surface area (Å²) in [4.78, 5) is 20.5. The van der Waals surface area contributed by atoms with Gasteiger partial charge in [0.15, 0.2) is 5.82 Å². The van der Waals surface area contributed by atoms with Crippen LogP contribution in [0.1, 0.15) is 21.5 Å². The van der Waals surface area contributed by atoms with Crippen molar-refractivity contribution in [2.75, 3.05) is 25.0 Å². The second-order valence-electron chi connectivity index (χ2n) is 9.19. The molecule has 1 atom stereocenters. The van der Waals surface area contributed by atoms with Crippen LogP contribution in [0.4, 0.5) is 27.6 Å². The number of halogens is 5. The quantitative estimate of drug-likeness (QED) is 0.101. The van der Waals surface area contributed by atoms with Gasteiger partial charge in [0.05, 0.1) is 28.3 Å². The molecule has 0 aliphatic rings. The number of H-pyrrole nitrogens is 1. The summed E-state index contributed by atoms with van der Waals surface area (Å²) in [5.74, 6) is -2.83. The summed E-state index contributed by atoms with van der Waals surface area (Å²) in [5, 5.41) is 0.313.